The van der Waals surface area contributed by atoms with Gasteiger partial charge in [0.25, 0.3) is 0 Å². The summed E-state index contributed by atoms with van der Waals surface area (Å²) in [4.78, 5) is 25.2. The number of carboxylic acids is 1. The summed E-state index contributed by atoms with van der Waals surface area (Å²) in [5.74, 6) is -1.04. The minimum Gasteiger partial charge on any atom is -0.478 e. The third kappa shape index (κ3) is 3.98. The molecule has 2 N–H and O–H groups in total. The Morgan fingerprint density at radius 3 is 2.30 bits per heavy atom. The molecular weight excluding hydrogens is 256 g/mol. The van der Waals surface area contributed by atoms with E-state index in [2.05, 4.69) is 5.32 Å². The van der Waals surface area contributed by atoms with Gasteiger partial charge >= 0.3 is 12.0 Å². The third-order valence-corrected chi connectivity index (χ3v) is 3.01. The Hall–Kier alpha value is -2.04. The van der Waals surface area contributed by atoms with Gasteiger partial charge in [0.1, 0.15) is 0 Å². The van der Waals surface area contributed by atoms with Crippen LogP contribution in [-0.2, 0) is 0 Å². The van der Waals surface area contributed by atoms with Crippen molar-refractivity contribution in [3.05, 3.63) is 29.3 Å². The molecule has 0 fully saturated rings. The lowest BCUT2D eigenvalue weighted by molar-refractivity contribution is 0.0698. The highest BCUT2D eigenvalue weighted by Gasteiger charge is 2.17. The highest BCUT2D eigenvalue weighted by Crippen LogP contribution is 2.21. The predicted octanol–water partition coefficient (Wildman–Crippen LogP) is 3.35. The van der Waals surface area contributed by atoms with Crippen molar-refractivity contribution in [1.82, 2.24) is 4.90 Å². The maximum absolute atomic E-state index is 12.2. The quantitative estimate of drug-likeness (QED) is 0.838. The van der Waals surface area contributed by atoms with Gasteiger partial charge in [0.05, 0.1) is 11.3 Å². The number of urea groups is 1. The Morgan fingerprint density at radius 1 is 1.20 bits per heavy atom. The minimum atomic E-state index is -1.04. The maximum Gasteiger partial charge on any atom is 0.337 e. The van der Waals surface area contributed by atoms with Gasteiger partial charge in [0, 0.05) is 13.1 Å². The molecule has 1 rings (SSSR count). The Bertz CT molecular complexity index is 480. The summed E-state index contributed by atoms with van der Waals surface area (Å²) in [7, 11) is 0. The van der Waals surface area contributed by atoms with E-state index < -0.39 is 5.97 Å². The van der Waals surface area contributed by atoms with Crippen LogP contribution >= 0.6 is 0 Å². The highest BCUT2D eigenvalue weighted by molar-refractivity contribution is 6.00. The Morgan fingerprint density at radius 2 is 1.80 bits per heavy atom. The molecule has 0 bridgehead atoms. The van der Waals surface area contributed by atoms with E-state index in [0.717, 1.165) is 18.4 Å². The van der Waals surface area contributed by atoms with Crippen molar-refractivity contribution in [2.75, 3.05) is 18.4 Å². The molecule has 0 aliphatic carbocycles. The molecule has 1 aromatic rings. The fraction of sp³-hybridized carbons (Fsp3) is 0.467. The number of hydrogen-bond donors (Lipinski definition) is 2. The first-order chi connectivity index (χ1) is 9.51. The van der Waals surface area contributed by atoms with Crippen molar-refractivity contribution >= 4 is 17.7 Å². The fourth-order valence-electron chi connectivity index (χ4n) is 2.05. The van der Waals surface area contributed by atoms with Crippen molar-refractivity contribution in [1.29, 1.82) is 0 Å². The number of nitrogens with one attached hydrogen (secondary N) is 1. The lowest BCUT2D eigenvalue weighted by Crippen LogP contribution is -2.36. The van der Waals surface area contributed by atoms with Gasteiger partial charge < -0.3 is 15.3 Å². The van der Waals surface area contributed by atoms with Crippen LogP contribution in [-0.4, -0.2) is 35.1 Å². The molecule has 5 heteroatoms. The van der Waals surface area contributed by atoms with Gasteiger partial charge in [-0.1, -0.05) is 26.0 Å². The Labute approximate surface area is 119 Å². The summed E-state index contributed by atoms with van der Waals surface area (Å²) in [6, 6.07) is 4.70. The van der Waals surface area contributed by atoms with E-state index in [1.54, 1.807) is 24.0 Å². The molecule has 0 atom stereocenters. The molecule has 0 spiro atoms. The van der Waals surface area contributed by atoms with Crippen molar-refractivity contribution in [3.8, 4) is 0 Å². The van der Waals surface area contributed by atoms with Crippen LogP contribution in [0.25, 0.3) is 0 Å². The molecule has 5 nitrogen and oxygen atoms in total. The number of aryl methyl sites for hydroxylation is 1. The summed E-state index contributed by atoms with van der Waals surface area (Å²) >= 11 is 0. The largest absolute Gasteiger partial charge is 0.478 e. The number of carboxylic acid groups (broad SMARTS) is 1. The van der Waals surface area contributed by atoms with Crippen LogP contribution in [0.4, 0.5) is 10.5 Å². The standard InChI is InChI=1S/C15H22N2O3/c1-4-9-17(10-5-2)15(20)16-13-11(3)7-6-8-12(13)14(18)19/h6-8H,4-5,9-10H2,1-3H3,(H,16,20)(H,18,19). The average molecular weight is 278 g/mol. The average Bonchev–Trinajstić information content (AvgIpc) is 2.40. The summed E-state index contributed by atoms with van der Waals surface area (Å²) < 4.78 is 0. The number of para-hydroxylation sites is 1. The van der Waals surface area contributed by atoms with Crippen LogP contribution < -0.4 is 5.32 Å². The number of hydrogen-bond acceptors (Lipinski definition) is 2. The number of benzene rings is 1. The van der Waals surface area contributed by atoms with Crippen molar-refractivity contribution in [2.45, 2.75) is 33.6 Å². The summed E-state index contributed by atoms with van der Waals surface area (Å²) in [5, 5.41) is 11.9. The Kier molecular flexibility index (Phi) is 6.03. The number of anilines is 1. The molecule has 0 aliphatic rings. The second-order valence-corrected chi connectivity index (χ2v) is 4.72. The third-order valence-electron chi connectivity index (χ3n) is 3.01. The molecule has 2 amide bonds. The Balaban J connectivity index is 2.97. The van der Waals surface area contributed by atoms with Crippen LogP contribution in [0.15, 0.2) is 18.2 Å². The smallest absolute Gasteiger partial charge is 0.337 e. The van der Waals surface area contributed by atoms with Crippen LogP contribution in [0.5, 0.6) is 0 Å². The van der Waals surface area contributed by atoms with Gasteiger partial charge in [-0.2, -0.15) is 0 Å². The number of rotatable bonds is 6. The van der Waals surface area contributed by atoms with E-state index >= 15 is 0 Å². The first-order valence-electron chi connectivity index (χ1n) is 6.90. The van der Waals surface area contributed by atoms with E-state index in [-0.39, 0.29) is 11.6 Å². The molecule has 0 saturated carbocycles. The molecule has 0 aromatic heterocycles. The highest BCUT2D eigenvalue weighted by atomic mass is 16.4. The second kappa shape index (κ2) is 7.53. The minimum absolute atomic E-state index is 0.117. The van der Waals surface area contributed by atoms with E-state index in [9.17, 15) is 14.7 Å². The summed E-state index contributed by atoms with van der Waals surface area (Å²) in [6.07, 6.45) is 1.74. The van der Waals surface area contributed by atoms with Crippen LogP contribution in [0.2, 0.25) is 0 Å². The van der Waals surface area contributed by atoms with E-state index in [0.29, 0.717) is 18.8 Å². The van der Waals surface area contributed by atoms with Crippen LogP contribution in [0.1, 0.15) is 42.6 Å². The van der Waals surface area contributed by atoms with Crippen molar-refractivity contribution in [3.63, 3.8) is 0 Å². The van der Waals surface area contributed by atoms with E-state index in [4.69, 9.17) is 0 Å². The maximum atomic E-state index is 12.2. The zero-order valence-electron chi connectivity index (χ0n) is 12.3. The first kappa shape index (κ1) is 16.0. The SMILES string of the molecule is CCCN(CCC)C(=O)Nc1c(C)cccc1C(=O)O. The van der Waals surface area contributed by atoms with Gasteiger partial charge in [-0.25, -0.2) is 9.59 Å². The number of aromatic carboxylic acids is 1. The number of carbonyl (C=O) groups excluding carboxylic acids is 1. The zero-order chi connectivity index (χ0) is 15.1. The number of amides is 2. The van der Waals surface area contributed by atoms with Crippen molar-refractivity contribution in [2.24, 2.45) is 0 Å². The topological polar surface area (TPSA) is 69.6 Å². The molecule has 0 radical (unpaired) electrons. The number of nitrogens with zero attached hydrogens (tertiary/aromatic N) is 1. The second-order valence-electron chi connectivity index (χ2n) is 4.72. The van der Waals surface area contributed by atoms with Gasteiger partial charge in [0.2, 0.25) is 0 Å². The van der Waals surface area contributed by atoms with E-state index in [1.165, 1.54) is 6.07 Å². The normalized spacial score (nSPS) is 10.2. The lowest BCUT2D eigenvalue weighted by atomic mass is 10.1. The molecule has 0 unspecified atom stereocenters. The van der Waals surface area contributed by atoms with Gasteiger partial charge in [0.15, 0.2) is 0 Å². The molecule has 0 aliphatic heterocycles. The fourth-order valence-corrected chi connectivity index (χ4v) is 2.05. The van der Waals surface area contributed by atoms with Gasteiger partial charge in [-0.05, 0) is 31.4 Å². The van der Waals surface area contributed by atoms with Gasteiger partial charge in [-0.3, -0.25) is 0 Å². The zero-order valence-corrected chi connectivity index (χ0v) is 12.3. The monoisotopic (exact) mass is 278 g/mol. The lowest BCUT2D eigenvalue weighted by Gasteiger charge is -2.23. The molecule has 0 saturated heterocycles. The van der Waals surface area contributed by atoms with Crippen LogP contribution in [0.3, 0.4) is 0 Å². The molecule has 110 valence electrons. The van der Waals surface area contributed by atoms with Crippen LogP contribution in [0, 0.1) is 6.92 Å². The molecular formula is C15H22N2O3. The van der Waals surface area contributed by atoms with E-state index in [1.807, 2.05) is 13.8 Å². The molecule has 1 aromatic carbocycles. The molecule has 0 heterocycles. The predicted molar refractivity (Wildman–Crippen MR) is 79.3 cm³/mol. The molecule has 20 heavy (non-hydrogen) atoms. The number of carbonyl (C=O) groups is 2. The summed E-state index contributed by atoms with van der Waals surface area (Å²) in [6.45, 7) is 7.12. The van der Waals surface area contributed by atoms with Crippen molar-refractivity contribution < 1.29 is 14.7 Å². The van der Waals surface area contributed by atoms with Gasteiger partial charge in [-0.15, -0.1) is 0 Å². The first-order valence-corrected chi connectivity index (χ1v) is 6.90. The summed E-state index contributed by atoms with van der Waals surface area (Å²) in [5.41, 5.74) is 1.24.